The van der Waals surface area contributed by atoms with E-state index in [4.69, 9.17) is 10.2 Å². The molecule has 6 nitrogen and oxygen atoms in total. The molecule has 0 saturated carbocycles. The van der Waals surface area contributed by atoms with Gasteiger partial charge in [0.2, 0.25) is 0 Å². The Balaban J connectivity index is 2.77. The van der Waals surface area contributed by atoms with Gasteiger partial charge in [0.05, 0.1) is 11.1 Å². The Kier molecular flexibility index (Phi) is 3.82. The Morgan fingerprint density at radius 1 is 1.06 bits per heavy atom. The van der Waals surface area contributed by atoms with Crippen LogP contribution in [0.5, 0.6) is 0 Å². The minimum absolute atomic E-state index is 0.0350. The molecule has 17 heavy (non-hydrogen) atoms. The highest BCUT2D eigenvalue weighted by Crippen LogP contribution is 2.07. The van der Waals surface area contributed by atoms with E-state index in [-0.39, 0.29) is 11.1 Å². The maximum Gasteiger partial charge on any atom is 0.344 e. The number of carboxylic acids is 2. The molecule has 0 aliphatic rings. The van der Waals surface area contributed by atoms with Crippen molar-refractivity contribution in [1.29, 1.82) is 0 Å². The maximum atomic E-state index is 11.4. The molecular weight excluding hydrogens is 228 g/mol. The Hall–Kier alpha value is -2.37. The van der Waals surface area contributed by atoms with Crippen LogP contribution in [0.2, 0.25) is 0 Å². The summed E-state index contributed by atoms with van der Waals surface area (Å²) in [4.78, 5) is 32.4. The minimum Gasteiger partial charge on any atom is -0.479 e. The lowest BCUT2D eigenvalue weighted by molar-refractivity contribution is -0.146. The Labute approximate surface area is 96.4 Å². The third-order valence-corrected chi connectivity index (χ3v) is 2.00. The van der Waals surface area contributed by atoms with Crippen LogP contribution >= 0.6 is 0 Å². The van der Waals surface area contributed by atoms with Gasteiger partial charge in [-0.2, -0.15) is 0 Å². The van der Waals surface area contributed by atoms with E-state index >= 15 is 0 Å². The molecule has 1 atom stereocenters. The molecular formula is C11H10O6. The van der Waals surface area contributed by atoms with Crippen molar-refractivity contribution in [1.82, 2.24) is 0 Å². The molecule has 6 heteroatoms. The number of benzene rings is 1. The van der Waals surface area contributed by atoms with Gasteiger partial charge in [0, 0.05) is 0 Å². The molecule has 1 rings (SSSR count). The van der Waals surface area contributed by atoms with Gasteiger partial charge < -0.3 is 14.9 Å². The second-order valence-electron chi connectivity index (χ2n) is 3.27. The quantitative estimate of drug-likeness (QED) is 0.759. The molecule has 0 amide bonds. The van der Waals surface area contributed by atoms with Crippen molar-refractivity contribution in [3.05, 3.63) is 35.4 Å². The number of aromatic carboxylic acids is 1. The predicted octanol–water partition coefficient (Wildman–Crippen LogP) is 1.01. The fraction of sp³-hybridized carbons (Fsp3) is 0.182. The number of aliphatic carboxylic acids is 1. The predicted molar refractivity (Wildman–Crippen MR) is 55.9 cm³/mol. The van der Waals surface area contributed by atoms with Crippen molar-refractivity contribution in [2.24, 2.45) is 0 Å². The fourth-order valence-corrected chi connectivity index (χ4v) is 1.03. The number of carboxylic acid groups (broad SMARTS) is 2. The number of carbonyl (C=O) groups is 3. The van der Waals surface area contributed by atoms with Crippen molar-refractivity contribution in [3.8, 4) is 0 Å². The monoisotopic (exact) mass is 238 g/mol. The lowest BCUT2D eigenvalue weighted by Gasteiger charge is -2.08. The van der Waals surface area contributed by atoms with E-state index in [2.05, 4.69) is 4.74 Å². The summed E-state index contributed by atoms with van der Waals surface area (Å²) in [7, 11) is 0. The molecule has 90 valence electrons. The second-order valence-corrected chi connectivity index (χ2v) is 3.27. The van der Waals surface area contributed by atoms with Crippen LogP contribution in [-0.4, -0.2) is 34.2 Å². The normalized spacial score (nSPS) is 11.6. The summed E-state index contributed by atoms with van der Waals surface area (Å²) < 4.78 is 4.61. The van der Waals surface area contributed by atoms with Gasteiger partial charge in [-0.25, -0.2) is 14.4 Å². The lowest BCUT2D eigenvalue weighted by Crippen LogP contribution is -2.23. The average Bonchev–Trinajstić information content (AvgIpc) is 2.28. The molecule has 0 radical (unpaired) electrons. The number of carbonyl (C=O) groups excluding carboxylic acids is 1. The summed E-state index contributed by atoms with van der Waals surface area (Å²) in [5.41, 5.74) is 0.135. The molecule has 0 spiro atoms. The summed E-state index contributed by atoms with van der Waals surface area (Å²) in [6, 6.07) is 5.01. The molecule has 0 aliphatic heterocycles. The molecule has 0 aliphatic carbocycles. The lowest BCUT2D eigenvalue weighted by atomic mass is 10.1. The van der Waals surface area contributed by atoms with Crippen molar-refractivity contribution in [2.45, 2.75) is 13.0 Å². The van der Waals surface area contributed by atoms with E-state index in [1.807, 2.05) is 0 Å². The molecule has 0 heterocycles. The SMILES string of the molecule is CC(OC(=O)c1ccc(C(=O)O)cc1)C(=O)O. The van der Waals surface area contributed by atoms with Gasteiger partial charge in [0.1, 0.15) is 0 Å². The van der Waals surface area contributed by atoms with Crippen LogP contribution < -0.4 is 0 Å². The average molecular weight is 238 g/mol. The van der Waals surface area contributed by atoms with E-state index in [0.717, 1.165) is 0 Å². The van der Waals surface area contributed by atoms with E-state index in [0.29, 0.717) is 0 Å². The minimum atomic E-state index is -1.25. The highest BCUT2D eigenvalue weighted by Gasteiger charge is 2.17. The van der Waals surface area contributed by atoms with Crippen LogP contribution in [0.1, 0.15) is 27.6 Å². The molecule has 0 saturated heterocycles. The van der Waals surface area contributed by atoms with Gasteiger partial charge in [0.15, 0.2) is 6.10 Å². The van der Waals surface area contributed by atoms with Gasteiger partial charge in [-0.05, 0) is 31.2 Å². The number of ether oxygens (including phenoxy) is 1. The van der Waals surface area contributed by atoms with Crippen LogP contribution in [0.4, 0.5) is 0 Å². The first-order chi connectivity index (χ1) is 7.91. The largest absolute Gasteiger partial charge is 0.479 e. The van der Waals surface area contributed by atoms with Crippen LogP contribution in [-0.2, 0) is 9.53 Å². The highest BCUT2D eigenvalue weighted by atomic mass is 16.6. The molecule has 2 N–H and O–H groups in total. The Bertz CT molecular complexity index is 448. The smallest absolute Gasteiger partial charge is 0.344 e. The van der Waals surface area contributed by atoms with Crippen molar-refractivity contribution in [3.63, 3.8) is 0 Å². The number of esters is 1. The Morgan fingerprint density at radius 3 is 1.94 bits per heavy atom. The zero-order valence-electron chi connectivity index (χ0n) is 8.91. The second kappa shape index (κ2) is 5.11. The summed E-state index contributed by atoms with van der Waals surface area (Å²) in [5, 5.41) is 17.2. The zero-order valence-corrected chi connectivity index (χ0v) is 8.91. The first-order valence-electron chi connectivity index (χ1n) is 4.69. The number of hydrogen-bond donors (Lipinski definition) is 2. The van der Waals surface area contributed by atoms with Crippen LogP contribution in [0.25, 0.3) is 0 Å². The van der Waals surface area contributed by atoms with Gasteiger partial charge in [-0.1, -0.05) is 0 Å². The summed E-state index contributed by atoms with van der Waals surface area (Å²) in [6.07, 6.45) is -1.25. The molecule has 1 unspecified atom stereocenters. The van der Waals surface area contributed by atoms with Gasteiger partial charge in [-0.3, -0.25) is 0 Å². The zero-order chi connectivity index (χ0) is 13.0. The van der Waals surface area contributed by atoms with Gasteiger partial charge in [0.25, 0.3) is 0 Å². The summed E-state index contributed by atoms with van der Waals surface area (Å²) in [5.74, 6) is -3.17. The molecule has 0 fully saturated rings. The van der Waals surface area contributed by atoms with Gasteiger partial charge in [-0.15, -0.1) is 0 Å². The first-order valence-corrected chi connectivity index (χ1v) is 4.69. The van der Waals surface area contributed by atoms with Crippen LogP contribution in [0.15, 0.2) is 24.3 Å². The topological polar surface area (TPSA) is 101 Å². The summed E-state index contributed by atoms with van der Waals surface area (Å²) >= 11 is 0. The van der Waals surface area contributed by atoms with E-state index < -0.39 is 24.0 Å². The van der Waals surface area contributed by atoms with E-state index in [9.17, 15) is 14.4 Å². The fourth-order valence-electron chi connectivity index (χ4n) is 1.03. The third-order valence-electron chi connectivity index (χ3n) is 2.00. The summed E-state index contributed by atoms with van der Waals surface area (Å²) in [6.45, 7) is 1.23. The third kappa shape index (κ3) is 3.30. The van der Waals surface area contributed by atoms with E-state index in [1.165, 1.54) is 31.2 Å². The molecule has 0 bridgehead atoms. The van der Waals surface area contributed by atoms with Crippen molar-refractivity contribution < 1.29 is 29.3 Å². The number of hydrogen-bond acceptors (Lipinski definition) is 4. The van der Waals surface area contributed by atoms with Crippen LogP contribution in [0.3, 0.4) is 0 Å². The molecule has 0 aromatic heterocycles. The van der Waals surface area contributed by atoms with E-state index in [1.54, 1.807) is 0 Å². The van der Waals surface area contributed by atoms with Crippen molar-refractivity contribution in [2.75, 3.05) is 0 Å². The van der Waals surface area contributed by atoms with Gasteiger partial charge >= 0.3 is 17.9 Å². The first kappa shape index (κ1) is 12.7. The molecule has 1 aromatic carbocycles. The van der Waals surface area contributed by atoms with Crippen LogP contribution in [0, 0.1) is 0 Å². The standard InChI is InChI=1S/C11H10O6/c1-6(9(12)13)17-11(16)8-4-2-7(3-5-8)10(14)15/h2-6H,1H3,(H,12,13)(H,14,15). The maximum absolute atomic E-state index is 11.4. The number of rotatable bonds is 4. The molecule has 1 aromatic rings. The highest BCUT2D eigenvalue weighted by molar-refractivity contribution is 5.93. The van der Waals surface area contributed by atoms with Crippen molar-refractivity contribution >= 4 is 17.9 Å². The Morgan fingerprint density at radius 2 is 1.53 bits per heavy atom.